The second-order valence-corrected chi connectivity index (χ2v) is 11.6. The number of halogens is 2. The van der Waals surface area contributed by atoms with Crippen molar-refractivity contribution in [2.75, 3.05) is 19.6 Å². The van der Waals surface area contributed by atoms with E-state index in [4.69, 9.17) is 23.2 Å². The lowest BCUT2D eigenvalue weighted by atomic mass is 9.89. The van der Waals surface area contributed by atoms with Gasteiger partial charge in [0.05, 0.1) is 4.90 Å². The van der Waals surface area contributed by atoms with Gasteiger partial charge < -0.3 is 4.90 Å². The maximum absolute atomic E-state index is 12.7. The van der Waals surface area contributed by atoms with Crippen LogP contribution in [0.15, 0.2) is 23.1 Å². The summed E-state index contributed by atoms with van der Waals surface area (Å²) >= 11 is 11.9. The average molecular weight is 419 g/mol. The van der Waals surface area contributed by atoms with Crippen LogP contribution in [0.1, 0.15) is 46.5 Å². The zero-order valence-corrected chi connectivity index (χ0v) is 18.0. The average Bonchev–Trinajstić information content (AvgIpc) is 3.15. The fourth-order valence-corrected chi connectivity index (χ4v) is 5.78. The van der Waals surface area contributed by atoms with Crippen LogP contribution in [0.25, 0.3) is 0 Å². The lowest BCUT2D eigenvalue weighted by Crippen LogP contribution is -2.39. The summed E-state index contributed by atoms with van der Waals surface area (Å²) < 4.78 is 28.2. The number of hydrogen-bond donors (Lipinski definition) is 1. The number of likely N-dealkylation sites (tertiary alicyclic amines) is 1. The predicted octanol–water partition coefficient (Wildman–Crippen LogP) is 4.56. The van der Waals surface area contributed by atoms with Crippen LogP contribution in [0.2, 0.25) is 10.0 Å². The van der Waals surface area contributed by atoms with Crippen molar-refractivity contribution in [1.29, 1.82) is 0 Å². The number of sulfonamides is 1. The standard InChI is InChI=1S/C19H28Cl2N2O2S/c1-18(2,3)4-7-23-8-5-19(6-9-23)13-17(19)22-26(24,25)16-11-14(20)10-15(21)12-16/h10-12,17,22H,4-9,13H2,1-3H3. The summed E-state index contributed by atoms with van der Waals surface area (Å²) in [5.74, 6) is 0. The monoisotopic (exact) mass is 418 g/mol. The fraction of sp³-hybridized carbons (Fsp3) is 0.684. The SMILES string of the molecule is CC(C)(C)CCN1CCC2(CC1)CC2NS(=O)(=O)c1cc(Cl)cc(Cl)c1. The zero-order valence-electron chi connectivity index (χ0n) is 15.7. The van der Waals surface area contributed by atoms with Crippen LogP contribution in [0, 0.1) is 10.8 Å². The minimum absolute atomic E-state index is 0.0232. The molecule has 1 aliphatic heterocycles. The molecule has 1 saturated heterocycles. The Morgan fingerprint density at radius 2 is 1.73 bits per heavy atom. The van der Waals surface area contributed by atoms with E-state index in [1.165, 1.54) is 24.6 Å². The maximum atomic E-state index is 12.7. The Balaban J connectivity index is 1.56. The van der Waals surface area contributed by atoms with E-state index in [2.05, 4.69) is 30.4 Å². The van der Waals surface area contributed by atoms with E-state index in [0.29, 0.717) is 15.5 Å². The van der Waals surface area contributed by atoms with Crippen molar-refractivity contribution < 1.29 is 8.42 Å². The first-order chi connectivity index (χ1) is 12.0. The van der Waals surface area contributed by atoms with Gasteiger partial charge in [-0.05, 0) is 74.3 Å². The first kappa shape index (κ1) is 20.4. The topological polar surface area (TPSA) is 49.4 Å². The summed E-state index contributed by atoms with van der Waals surface area (Å²) in [6.45, 7) is 10.0. The van der Waals surface area contributed by atoms with Crippen LogP contribution in [0.5, 0.6) is 0 Å². The largest absolute Gasteiger partial charge is 0.303 e. The molecule has 2 fully saturated rings. The van der Waals surface area contributed by atoms with E-state index < -0.39 is 10.0 Å². The van der Waals surface area contributed by atoms with Gasteiger partial charge in [0.25, 0.3) is 0 Å². The Morgan fingerprint density at radius 1 is 1.15 bits per heavy atom. The van der Waals surface area contributed by atoms with Crippen LogP contribution in [0.3, 0.4) is 0 Å². The highest BCUT2D eigenvalue weighted by molar-refractivity contribution is 7.89. The van der Waals surface area contributed by atoms with Crippen LogP contribution >= 0.6 is 23.2 Å². The second-order valence-electron chi connectivity index (χ2n) is 9.00. The number of rotatable bonds is 5. The van der Waals surface area contributed by atoms with Crippen molar-refractivity contribution in [2.45, 2.75) is 57.4 Å². The summed E-state index contributed by atoms with van der Waals surface area (Å²) in [5.41, 5.74) is 0.485. The molecule has 0 radical (unpaired) electrons. The quantitative estimate of drug-likeness (QED) is 0.761. The molecule has 3 rings (SSSR count). The Kier molecular flexibility index (Phi) is 5.69. The molecular weight excluding hydrogens is 391 g/mol. The summed E-state index contributed by atoms with van der Waals surface area (Å²) in [6.07, 6.45) is 4.22. The van der Waals surface area contributed by atoms with Gasteiger partial charge in [-0.15, -0.1) is 0 Å². The molecule has 26 heavy (non-hydrogen) atoms. The molecule has 2 aliphatic rings. The van der Waals surface area contributed by atoms with E-state index in [-0.39, 0.29) is 16.4 Å². The Bertz CT molecular complexity index is 746. The first-order valence-electron chi connectivity index (χ1n) is 9.20. The van der Waals surface area contributed by atoms with Crippen molar-refractivity contribution in [3.05, 3.63) is 28.2 Å². The van der Waals surface area contributed by atoms with Gasteiger partial charge >= 0.3 is 0 Å². The molecule has 1 aliphatic carbocycles. The maximum Gasteiger partial charge on any atom is 0.240 e. The van der Waals surface area contributed by atoms with E-state index in [0.717, 1.165) is 38.9 Å². The molecule has 1 spiro atoms. The van der Waals surface area contributed by atoms with E-state index in [9.17, 15) is 8.42 Å². The molecule has 0 bridgehead atoms. The summed E-state index contributed by atoms with van der Waals surface area (Å²) in [7, 11) is -3.59. The lowest BCUT2D eigenvalue weighted by molar-refractivity contribution is 0.150. The number of piperidine rings is 1. The predicted molar refractivity (Wildman–Crippen MR) is 107 cm³/mol. The van der Waals surface area contributed by atoms with Crippen LogP contribution in [0.4, 0.5) is 0 Å². The third kappa shape index (κ3) is 4.93. The molecular formula is C19H28Cl2N2O2S. The summed E-state index contributed by atoms with van der Waals surface area (Å²) in [6, 6.07) is 4.45. The molecule has 1 atom stereocenters. The minimum atomic E-state index is -3.59. The fourth-order valence-electron chi connectivity index (χ4n) is 3.72. The highest BCUT2D eigenvalue weighted by Gasteiger charge is 2.56. The van der Waals surface area contributed by atoms with Gasteiger partial charge in [-0.2, -0.15) is 0 Å². The van der Waals surface area contributed by atoms with E-state index >= 15 is 0 Å². The number of benzene rings is 1. The third-order valence-electron chi connectivity index (χ3n) is 5.66. The van der Waals surface area contributed by atoms with Gasteiger partial charge in [0.2, 0.25) is 10.0 Å². The molecule has 1 saturated carbocycles. The van der Waals surface area contributed by atoms with E-state index in [1.54, 1.807) is 0 Å². The van der Waals surface area contributed by atoms with Crippen molar-refractivity contribution >= 4 is 33.2 Å². The number of nitrogens with zero attached hydrogens (tertiary/aromatic N) is 1. The lowest BCUT2D eigenvalue weighted by Gasteiger charge is -2.34. The van der Waals surface area contributed by atoms with Gasteiger partial charge in [-0.3, -0.25) is 0 Å². The molecule has 146 valence electrons. The molecule has 1 aromatic rings. The molecule has 0 amide bonds. The van der Waals surface area contributed by atoms with Crippen molar-refractivity contribution in [3.63, 3.8) is 0 Å². The smallest absolute Gasteiger partial charge is 0.240 e. The highest BCUT2D eigenvalue weighted by Crippen LogP contribution is 2.54. The Hall–Kier alpha value is -0.330. The second kappa shape index (κ2) is 7.25. The Labute approximate surface area is 167 Å². The van der Waals surface area contributed by atoms with Crippen LogP contribution in [-0.4, -0.2) is 39.0 Å². The molecule has 4 nitrogen and oxygen atoms in total. The minimum Gasteiger partial charge on any atom is -0.303 e. The highest BCUT2D eigenvalue weighted by atomic mass is 35.5. The molecule has 1 unspecified atom stereocenters. The van der Waals surface area contributed by atoms with Gasteiger partial charge in [-0.25, -0.2) is 13.1 Å². The van der Waals surface area contributed by atoms with Gasteiger partial charge in [0.1, 0.15) is 0 Å². The summed E-state index contributed by atoms with van der Waals surface area (Å²) in [5, 5.41) is 0.658. The molecule has 1 aromatic carbocycles. The molecule has 1 N–H and O–H groups in total. The van der Waals surface area contributed by atoms with Crippen molar-refractivity contribution in [1.82, 2.24) is 9.62 Å². The molecule has 1 heterocycles. The summed E-state index contributed by atoms with van der Waals surface area (Å²) in [4.78, 5) is 2.65. The van der Waals surface area contributed by atoms with Crippen molar-refractivity contribution in [3.8, 4) is 0 Å². The van der Waals surface area contributed by atoms with Gasteiger partial charge in [0, 0.05) is 16.1 Å². The normalized spacial score (nSPS) is 23.3. The third-order valence-corrected chi connectivity index (χ3v) is 7.55. The zero-order chi connectivity index (χ0) is 19.2. The molecule has 7 heteroatoms. The Morgan fingerprint density at radius 3 is 2.27 bits per heavy atom. The van der Waals surface area contributed by atoms with Gasteiger partial charge in [-0.1, -0.05) is 44.0 Å². The van der Waals surface area contributed by atoms with Gasteiger partial charge in [0.15, 0.2) is 0 Å². The van der Waals surface area contributed by atoms with Crippen molar-refractivity contribution in [2.24, 2.45) is 10.8 Å². The van der Waals surface area contributed by atoms with E-state index in [1.807, 2.05) is 0 Å². The first-order valence-corrected chi connectivity index (χ1v) is 11.4. The number of nitrogens with one attached hydrogen (secondary N) is 1. The number of hydrogen-bond acceptors (Lipinski definition) is 3. The molecule has 0 aromatic heterocycles. The van der Waals surface area contributed by atoms with Crippen LogP contribution < -0.4 is 4.72 Å². The van der Waals surface area contributed by atoms with Crippen LogP contribution in [-0.2, 0) is 10.0 Å².